The number of ether oxygens (including phenoxy) is 1. The maximum absolute atomic E-state index is 12.2. The molecule has 8 heteroatoms. The number of nitrogens with one attached hydrogen (secondary N) is 1. The Hall–Kier alpha value is -0.960. The van der Waals surface area contributed by atoms with E-state index in [1.807, 2.05) is 0 Å². The van der Waals surface area contributed by atoms with Crippen LogP contribution in [0.1, 0.15) is 24.1 Å². The number of carboxylic acid groups (broad SMARTS) is 1. The van der Waals surface area contributed by atoms with Gasteiger partial charge in [0.05, 0.1) is 12.5 Å². The minimum absolute atomic E-state index is 0.105. The van der Waals surface area contributed by atoms with Gasteiger partial charge in [0.15, 0.2) is 0 Å². The fourth-order valence-electron chi connectivity index (χ4n) is 2.29. The Labute approximate surface area is 121 Å². The molecule has 0 spiro atoms. The molecule has 1 aliphatic carbocycles. The molecule has 20 heavy (non-hydrogen) atoms. The van der Waals surface area contributed by atoms with Crippen LogP contribution in [0.15, 0.2) is 16.3 Å². The number of rotatable bonds is 6. The predicted molar refractivity (Wildman–Crippen MR) is 74.4 cm³/mol. The standard InChI is InChI=1S/C12H17NO5S2/c1-18-9-3-2-8(6-9)13-20(16,17)12-5-4-10(19-12)7-11(14)15/h4-5,8-9,13H,2-3,6-7H2,1H3,(H,14,15). The van der Waals surface area contributed by atoms with Gasteiger partial charge in [0.25, 0.3) is 0 Å². The molecule has 0 amide bonds. The number of aliphatic carboxylic acids is 1. The maximum Gasteiger partial charge on any atom is 0.308 e. The molecule has 0 aliphatic heterocycles. The fraction of sp³-hybridized carbons (Fsp3) is 0.583. The van der Waals surface area contributed by atoms with E-state index in [9.17, 15) is 13.2 Å². The average Bonchev–Trinajstić information content (AvgIpc) is 2.97. The van der Waals surface area contributed by atoms with Gasteiger partial charge in [-0.3, -0.25) is 4.79 Å². The molecule has 2 rings (SSSR count). The number of hydrogen-bond donors (Lipinski definition) is 2. The van der Waals surface area contributed by atoms with Crippen LogP contribution in [0.5, 0.6) is 0 Å². The van der Waals surface area contributed by atoms with Crippen LogP contribution in [-0.4, -0.2) is 38.7 Å². The number of carbonyl (C=O) groups is 1. The summed E-state index contributed by atoms with van der Waals surface area (Å²) in [5.74, 6) is -0.970. The quantitative estimate of drug-likeness (QED) is 0.822. The summed E-state index contributed by atoms with van der Waals surface area (Å²) in [5.41, 5.74) is 0. The second-order valence-corrected chi connectivity index (χ2v) is 7.89. The van der Waals surface area contributed by atoms with Crippen molar-refractivity contribution in [3.8, 4) is 0 Å². The van der Waals surface area contributed by atoms with Gasteiger partial charge < -0.3 is 9.84 Å². The predicted octanol–water partition coefficient (Wildman–Crippen LogP) is 1.22. The molecular weight excluding hydrogens is 302 g/mol. The molecule has 2 N–H and O–H groups in total. The first-order chi connectivity index (χ1) is 9.40. The molecule has 0 bridgehead atoms. The Bertz CT molecular complexity index is 580. The molecular formula is C12H17NO5S2. The molecule has 1 fully saturated rings. The minimum Gasteiger partial charge on any atom is -0.481 e. The molecule has 2 unspecified atom stereocenters. The Morgan fingerprint density at radius 2 is 2.25 bits per heavy atom. The lowest BCUT2D eigenvalue weighted by Gasteiger charge is -2.12. The lowest BCUT2D eigenvalue weighted by atomic mass is 10.3. The van der Waals surface area contributed by atoms with Gasteiger partial charge in [-0.05, 0) is 31.4 Å². The van der Waals surface area contributed by atoms with Crippen molar-refractivity contribution in [2.24, 2.45) is 0 Å². The summed E-state index contributed by atoms with van der Waals surface area (Å²) in [5, 5.41) is 8.69. The lowest BCUT2D eigenvalue weighted by molar-refractivity contribution is -0.136. The summed E-state index contributed by atoms with van der Waals surface area (Å²) >= 11 is 0.996. The fourth-order valence-corrected chi connectivity index (χ4v) is 4.93. The van der Waals surface area contributed by atoms with Crippen LogP contribution in [0.25, 0.3) is 0 Å². The highest BCUT2D eigenvalue weighted by Gasteiger charge is 2.29. The normalized spacial score (nSPS) is 23.1. The van der Waals surface area contributed by atoms with Crippen LogP contribution in [0.3, 0.4) is 0 Å². The summed E-state index contributed by atoms with van der Waals surface area (Å²) in [7, 11) is -1.95. The van der Waals surface area contributed by atoms with Crippen molar-refractivity contribution < 1.29 is 23.1 Å². The SMILES string of the molecule is COC1CCC(NS(=O)(=O)c2ccc(CC(=O)O)s2)C1. The molecule has 6 nitrogen and oxygen atoms in total. The Balaban J connectivity index is 2.03. The number of carboxylic acids is 1. The summed E-state index contributed by atoms with van der Waals surface area (Å²) in [6.45, 7) is 0. The second kappa shape index (κ2) is 6.21. The van der Waals surface area contributed by atoms with E-state index < -0.39 is 16.0 Å². The first kappa shape index (κ1) is 15.4. The summed E-state index contributed by atoms with van der Waals surface area (Å²) in [6, 6.07) is 2.88. The van der Waals surface area contributed by atoms with E-state index >= 15 is 0 Å². The van der Waals surface area contributed by atoms with Crippen molar-refractivity contribution in [1.82, 2.24) is 4.72 Å². The molecule has 1 saturated carbocycles. The lowest BCUT2D eigenvalue weighted by Crippen LogP contribution is -2.32. The Kier molecular flexibility index (Phi) is 4.79. The van der Waals surface area contributed by atoms with E-state index in [0.29, 0.717) is 11.3 Å². The molecule has 0 radical (unpaired) electrons. The maximum atomic E-state index is 12.2. The van der Waals surface area contributed by atoms with Crippen LogP contribution in [-0.2, 0) is 26.0 Å². The molecule has 0 aromatic carbocycles. The average molecular weight is 319 g/mol. The van der Waals surface area contributed by atoms with Crippen LogP contribution in [0, 0.1) is 0 Å². The second-order valence-electron chi connectivity index (χ2n) is 4.78. The van der Waals surface area contributed by atoms with Crippen LogP contribution in [0.4, 0.5) is 0 Å². The van der Waals surface area contributed by atoms with E-state index in [1.54, 1.807) is 13.2 Å². The zero-order valence-electron chi connectivity index (χ0n) is 11.0. The van der Waals surface area contributed by atoms with Crippen LogP contribution in [0.2, 0.25) is 0 Å². The van der Waals surface area contributed by atoms with Crippen molar-refractivity contribution in [1.29, 1.82) is 0 Å². The van der Waals surface area contributed by atoms with Gasteiger partial charge in [0.1, 0.15) is 4.21 Å². The Morgan fingerprint density at radius 3 is 2.85 bits per heavy atom. The van der Waals surface area contributed by atoms with Gasteiger partial charge in [-0.25, -0.2) is 13.1 Å². The van der Waals surface area contributed by atoms with Crippen LogP contribution < -0.4 is 4.72 Å². The topological polar surface area (TPSA) is 92.7 Å². The highest BCUT2D eigenvalue weighted by Crippen LogP contribution is 2.26. The molecule has 1 heterocycles. The number of methoxy groups -OCH3 is 1. The van der Waals surface area contributed by atoms with Gasteiger partial charge in [-0.15, -0.1) is 11.3 Å². The third-order valence-electron chi connectivity index (χ3n) is 3.27. The van der Waals surface area contributed by atoms with Gasteiger partial charge in [0, 0.05) is 18.0 Å². The molecule has 1 aliphatic rings. The van der Waals surface area contributed by atoms with E-state index in [0.717, 1.165) is 24.2 Å². The third kappa shape index (κ3) is 3.78. The summed E-state index contributed by atoms with van der Waals surface area (Å²) in [4.78, 5) is 11.1. The van der Waals surface area contributed by atoms with E-state index in [2.05, 4.69) is 4.72 Å². The first-order valence-electron chi connectivity index (χ1n) is 6.26. The highest BCUT2D eigenvalue weighted by atomic mass is 32.2. The number of thiophene rings is 1. The zero-order valence-corrected chi connectivity index (χ0v) is 12.7. The van der Waals surface area contributed by atoms with Gasteiger partial charge in [-0.1, -0.05) is 0 Å². The van der Waals surface area contributed by atoms with Crippen molar-refractivity contribution in [2.45, 2.75) is 42.0 Å². The molecule has 112 valence electrons. The first-order valence-corrected chi connectivity index (χ1v) is 8.56. The highest BCUT2D eigenvalue weighted by molar-refractivity contribution is 7.91. The van der Waals surface area contributed by atoms with Crippen LogP contribution >= 0.6 is 11.3 Å². The molecule has 0 saturated heterocycles. The molecule has 1 aromatic heterocycles. The third-order valence-corrected chi connectivity index (χ3v) is 6.36. The van der Waals surface area contributed by atoms with Crippen molar-refractivity contribution in [2.75, 3.05) is 7.11 Å². The molecule has 1 aromatic rings. The zero-order chi connectivity index (χ0) is 14.8. The number of sulfonamides is 1. The van der Waals surface area contributed by atoms with Gasteiger partial charge in [-0.2, -0.15) is 0 Å². The monoisotopic (exact) mass is 319 g/mol. The van der Waals surface area contributed by atoms with Gasteiger partial charge in [0.2, 0.25) is 10.0 Å². The largest absolute Gasteiger partial charge is 0.481 e. The van der Waals surface area contributed by atoms with Crippen molar-refractivity contribution in [3.05, 3.63) is 17.0 Å². The van der Waals surface area contributed by atoms with Crippen molar-refractivity contribution in [3.63, 3.8) is 0 Å². The Morgan fingerprint density at radius 1 is 1.50 bits per heavy atom. The summed E-state index contributed by atoms with van der Waals surface area (Å²) in [6.07, 6.45) is 2.22. The molecule has 2 atom stereocenters. The van der Waals surface area contributed by atoms with Gasteiger partial charge >= 0.3 is 5.97 Å². The number of hydrogen-bond acceptors (Lipinski definition) is 5. The smallest absolute Gasteiger partial charge is 0.308 e. The van der Waals surface area contributed by atoms with E-state index in [-0.39, 0.29) is 22.8 Å². The van der Waals surface area contributed by atoms with E-state index in [4.69, 9.17) is 9.84 Å². The van der Waals surface area contributed by atoms with E-state index in [1.165, 1.54) is 6.07 Å². The summed E-state index contributed by atoms with van der Waals surface area (Å²) < 4.78 is 32.4. The van der Waals surface area contributed by atoms with Crippen molar-refractivity contribution >= 4 is 27.3 Å². The minimum atomic E-state index is -3.57.